The van der Waals surface area contributed by atoms with Gasteiger partial charge in [-0.1, -0.05) is 146 Å². The van der Waals surface area contributed by atoms with Crippen LogP contribution in [0.15, 0.2) is 197 Å². The number of benzene rings is 9. The van der Waals surface area contributed by atoms with Gasteiger partial charge < -0.3 is 18.6 Å². The summed E-state index contributed by atoms with van der Waals surface area (Å²) in [5.41, 5.74) is 12.7. The van der Waals surface area contributed by atoms with Crippen molar-refractivity contribution in [1.82, 2.24) is 0 Å². The third kappa shape index (κ3) is 5.54. The van der Waals surface area contributed by atoms with Crippen LogP contribution in [0.25, 0.3) is 76.2 Å². The summed E-state index contributed by atoms with van der Waals surface area (Å²) in [6.45, 7) is 2.13. The molecule has 0 aliphatic heterocycles. The van der Waals surface area contributed by atoms with Crippen LogP contribution in [0.5, 0.6) is 0 Å². The van der Waals surface area contributed by atoms with Crippen LogP contribution in [0.4, 0.5) is 28.4 Å². The predicted octanol–water partition coefficient (Wildman–Crippen LogP) is 17.4. The fourth-order valence-corrected chi connectivity index (χ4v) is 11.0. The highest BCUT2D eigenvalue weighted by Gasteiger charge is 2.27. The van der Waals surface area contributed by atoms with Gasteiger partial charge in [-0.2, -0.15) is 0 Å². The molecule has 11 aromatic rings. The molecular weight excluding hydrogens is 769 g/mol. The number of rotatable bonds is 7. The standard InChI is InChI=1S/C59H44N2O2/c1-37-15-11-23-44-46-25-13-27-52(58(46)62-56(37)44)60(41-18-5-2-3-6-19-41)50-35-31-39-30-34-49-51(36-32-40-29-33-48(50)54(39)55(40)49)61(42-20-7-4-8-21-42)53-28-14-26-47-45-24-12-22-43(38-16-9-10-17-38)57(45)63-59(47)53/h2,4-8,11-15,18-36,38H,3,9-10,16-17H2,1H3. The van der Waals surface area contributed by atoms with E-state index in [1.54, 1.807) is 0 Å². The van der Waals surface area contributed by atoms with E-state index in [0.29, 0.717) is 5.92 Å². The molecule has 0 N–H and O–H groups in total. The van der Waals surface area contributed by atoms with E-state index in [9.17, 15) is 0 Å². The van der Waals surface area contributed by atoms with Crippen molar-refractivity contribution in [2.45, 2.75) is 44.9 Å². The molecule has 0 amide bonds. The number of fused-ring (bicyclic) bond motifs is 6. The second kappa shape index (κ2) is 14.3. The van der Waals surface area contributed by atoms with Gasteiger partial charge in [-0.3, -0.25) is 0 Å². The Kier molecular flexibility index (Phi) is 8.17. The zero-order valence-corrected chi connectivity index (χ0v) is 35.1. The first kappa shape index (κ1) is 36.1. The molecule has 4 heteroatoms. The van der Waals surface area contributed by atoms with Crippen molar-refractivity contribution in [3.05, 3.63) is 199 Å². The van der Waals surface area contributed by atoms with E-state index in [1.165, 1.54) is 69.0 Å². The minimum absolute atomic E-state index is 0.545. The molecular formula is C59H44N2O2. The van der Waals surface area contributed by atoms with Gasteiger partial charge in [-0.25, -0.2) is 0 Å². The van der Waals surface area contributed by atoms with Crippen molar-refractivity contribution in [3.8, 4) is 0 Å². The van der Waals surface area contributed by atoms with Gasteiger partial charge in [0.2, 0.25) is 0 Å². The molecule has 2 aliphatic rings. The quantitative estimate of drug-likeness (QED) is 0.150. The smallest absolute Gasteiger partial charge is 0.159 e. The molecule has 2 heterocycles. The number of allylic oxidation sites excluding steroid dienone is 5. The van der Waals surface area contributed by atoms with Gasteiger partial charge in [0.05, 0.1) is 22.7 Å². The topological polar surface area (TPSA) is 32.8 Å². The van der Waals surface area contributed by atoms with Gasteiger partial charge >= 0.3 is 0 Å². The minimum Gasteiger partial charge on any atom is -0.454 e. The summed E-state index contributed by atoms with van der Waals surface area (Å²) < 4.78 is 14.0. The lowest BCUT2D eigenvalue weighted by Gasteiger charge is -2.29. The molecule has 2 aromatic heterocycles. The Morgan fingerprint density at radius 3 is 1.73 bits per heavy atom. The Bertz CT molecular complexity index is 3690. The summed E-state index contributed by atoms with van der Waals surface area (Å²) >= 11 is 0. The third-order valence-corrected chi connectivity index (χ3v) is 13.8. The molecule has 63 heavy (non-hydrogen) atoms. The lowest BCUT2D eigenvalue weighted by Crippen LogP contribution is -2.16. The Labute approximate surface area is 365 Å². The summed E-state index contributed by atoms with van der Waals surface area (Å²) in [5, 5.41) is 11.9. The van der Waals surface area contributed by atoms with Crippen LogP contribution in [0.1, 0.15) is 49.1 Å². The van der Waals surface area contributed by atoms with E-state index < -0.39 is 0 Å². The first-order valence-electron chi connectivity index (χ1n) is 22.4. The van der Waals surface area contributed by atoms with Crippen LogP contribution in [0, 0.1) is 6.92 Å². The van der Waals surface area contributed by atoms with Crippen LogP contribution in [0.3, 0.4) is 0 Å². The molecule has 0 bridgehead atoms. The number of furan rings is 2. The maximum atomic E-state index is 7.11. The van der Waals surface area contributed by atoms with Crippen molar-refractivity contribution >= 4 is 105 Å². The molecule has 0 saturated heterocycles. The van der Waals surface area contributed by atoms with E-state index in [-0.39, 0.29) is 0 Å². The molecule has 1 fully saturated rings. The van der Waals surface area contributed by atoms with Crippen molar-refractivity contribution < 1.29 is 8.83 Å². The van der Waals surface area contributed by atoms with Gasteiger partial charge in [0.25, 0.3) is 0 Å². The second-order valence-electron chi connectivity index (χ2n) is 17.4. The molecule has 13 rings (SSSR count). The normalized spacial score (nSPS) is 14.7. The van der Waals surface area contributed by atoms with Crippen molar-refractivity contribution in [2.75, 3.05) is 9.80 Å². The van der Waals surface area contributed by atoms with Crippen molar-refractivity contribution in [1.29, 1.82) is 0 Å². The van der Waals surface area contributed by atoms with E-state index >= 15 is 0 Å². The highest BCUT2D eigenvalue weighted by Crippen LogP contribution is 2.50. The minimum atomic E-state index is 0.545. The molecule has 302 valence electrons. The van der Waals surface area contributed by atoms with Crippen molar-refractivity contribution in [2.24, 2.45) is 0 Å². The molecule has 4 nitrogen and oxygen atoms in total. The lowest BCUT2D eigenvalue weighted by atomic mass is 9.91. The average molecular weight is 813 g/mol. The molecule has 2 aliphatic carbocycles. The Hall–Kier alpha value is -7.56. The number of hydrogen-bond donors (Lipinski definition) is 0. The highest BCUT2D eigenvalue weighted by molar-refractivity contribution is 6.28. The first-order valence-corrected chi connectivity index (χ1v) is 22.4. The summed E-state index contributed by atoms with van der Waals surface area (Å²) in [6.07, 6.45) is 17.0. The van der Waals surface area contributed by atoms with Crippen LogP contribution in [0.2, 0.25) is 0 Å². The van der Waals surface area contributed by atoms with Crippen LogP contribution < -0.4 is 9.80 Å². The zero-order chi connectivity index (χ0) is 41.6. The van der Waals surface area contributed by atoms with Crippen LogP contribution >= 0.6 is 0 Å². The summed E-state index contributed by atoms with van der Waals surface area (Å²) in [5.74, 6) is 0.545. The van der Waals surface area contributed by atoms with Gasteiger partial charge in [-0.15, -0.1) is 0 Å². The van der Waals surface area contributed by atoms with E-state index in [0.717, 1.165) is 84.6 Å². The fraction of sp³-hybridized carbons (Fsp3) is 0.119. The number of para-hydroxylation sites is 5. The summed E-state index contributed by atoms with van der Waals surface area (Å²) in [7, 11) is 0. The maximum Gasteiger partial charge on any atom is 0.159 e. The Morgan fingerprint density at radius 1 is 0.460 bits per heavy atom. The number of nitrogens with zero attached hydrogens (tertiary/aromatic N) is 2. The number of hydrogen-bond acceptors (Lipinski definition) is 4. The molecule has 0 unspecified atom stereocenters. The molecule has 1 saturated carbocycles. The van der Waals surface area contributed by atoms with Crippen LogP contribution in [-0.4, -0.2) is 0 Å². The fourth-order valence-electron chi connectivity index (χ4n) is 11.0. The van der Waals surface area contributed by atoms with Crippen molar-refractivity contribution in [3.63, 3.8) is 0 Å². The highest BCUT2D eigenvalue weighted by atomic mass is 16.3. The maximum absolute atomic E-state index is 7.11. The average Bonchev–Trinajstić information content (AvgIpc) is 4.05. The monoisotopic (exact) mass is 812 g/mol. The van der Waals surface area contributed by atoms with Crippen LogP contribution in [-0.2, 0) is 0 Å². The Balaban J connectivity index is 1.06. The van der Waals surface area contributed by atoms with Gasteiger partial charge in [0, 0.05) is 43.7 Å². The van der Waals surface area contributed by atoms with E-state index in [1.807, 2.05) is 0 Å². The zero-order valence-electron chi connectivity index (χ0n) is 35.1. The third-order valence-electron chi connectivity index (χ3n) is 13.8. The summed E-state index contributed by atoms with van der Waals surface area (Å²) in [4.78, 5) is 4.81. The summed E-state index contributed by atoms with van der Waals surface area (Å²) in [6, 6.07) is 55.6. The van der Waals surface area contributed by atoms with Gasteiger partial charge in [-0.05, 0) is 113 Å². The SMILES string of the molecule is Cc1cccc2c1oc1c(N(C3=CC=CCC=C3)c3ccc4ccc5c(N(c6ccccc6)c6cccc7c6oc6c(C8CCCC8)cccc67)ccc6ccc3c4c65)cccc12. The largest absolute Gasteiger partial charge is 0.454 e. The van der Waals surface area contributed by atoms with Gasteiger partial charge in [0.1, 0.15) is 11.2 Å². The lowest BCUT2D eigenvalue weighted by molar-refractivity contribution is 0.643. The van der Waals surface area contributed by atoms with E-state index in [4.69, 9.17) is 8.83 Å². The second-order valence-corrected chi connectivity index (χ2v) is 17.4. The van der Waals surface area contributed by atoms with Gasteiger partial charge in [0.15, 0.2) is 11.2 Å². The first-order chi connectivity index (χ1) is 31.2. The molecule has 0 radical (unpaired) electrons. The number of aryl methyl sites for hydroxylation is 1. The molecule has 0 spiro atoms. The van der Waals surface area contributed by atoms with E-state index in [2.05, 4.69) is 199 Å². The predicted molar refractivity (Wildman–Crippen MR) is 265 cm³/mol. The Morgan fingerprint density at radius 2 is 1.03 bits per heavy atom. The number of anilines is 5. The molecule has 9 aromatic carbocycles. The molecule has 0 atom stereocenters.